The maximum absolute atomic E-state index is 12.0. The van der Waals surface area contributed by atoms with Crippen molar-refractivity contribution in [3.63, 3.8) is 0 Å². The summed E-state index contributed by atoms with van der Waals surface area (Å²) in [6.45, 7) is 4.07. The lowest BCUT2D eigenvalue weighted by atomic mass is 9.79. The molecule has 0 saturated heterocycles. The summed E-state index contributed by atoms with van der Waals surface area (Å²) in [5.74, 6) is 0.172. The second-order valence-corrected chi connectivity index (χ2v) is 4.94. The third-order valence-corrected chi connectivity index (χ3v) is 3.30. The Morgan fingerprint density at radius 3 is 2.82 bits per heavy atom. The van der Waals surface area contributed by atoms with Gasteiger partial charge < -0.3 is 5.11 Å². The van der Waals surface area contributed by atoms with E-state index in [0.717, 1.165) is 12.0 Å². The van der Waals surface area contributed by atoms with Crippen LogP contribution in [0.5, 0.6) is 0 Å². The van der Waals surface area contributed by atoms with Gasteiger partial charge >= 0.3 is 0 Å². The van der Waals surface area contributed by atoms with Gasteiger partial charge in [-0.25, -0.2) is 0 Å². The molecule has 0 radical (unpaired) electrons. The number of fused-ring (bicyclic) bond motifs is 1. The highest BCUT2D eigenvalue weighted by atomic mass is 16.3. The number of benzene rings is 1. The van der Waals surface area contributed by atoms with Gasteiger partial charge in [0, 0.05) is 12.0 Å². The lowest BCUT2D eigenvalue weighted by Gasteiger charge is -2.28. The zero-order valence-corrected chi connectivity index (χ0v) is 10.3. The predicted molar refractivity (Wildman–Crippen MR) is 67.9 cm³/mol. The van der Waals surface area contributed by atoms with E-state index in [1.54, 1.807) is 6.07 Å². The zero-order chi connectivity index (χ0) is 12.4. The summed E-state index contributed by atoms with van der Waals surface area (Å²) in [5, 5.41) is 10.3. The van der Waals surface area contributed by atoms with E-state index < -0.39 is 6.10 Å². The largest absolute Gasteiger partial charge is 0.388 e. The SMILES string of the molecule is CC(C)=CCC1CC(=O)c2ccccc2C1O. The van der Waals surface area contributed by atoms with Gasteiger partial charge in [0.1, 0.15) is 0 Å². The minimum atomic E-state index is -0.514. The molecule has 1 N–H and O–H groups in total. The van der Waals surface area contributed by atoms with Gasteiger partial charge in [-0.2, -0.15) is 0 Å². The van der Waals surface area contributed by atoms with Crippen molar-refractivity contribution in [1.82, 2.24) is 0 Å². The molecule has 0 spiro atoms. The summed E-state index contributed by atoms with van der Waals surface area (Å²) in [4.78, 5) is 12.0. The van der Waals surface area contributed by atoms with Gasteiger partial charge in [0.25, 0.3) is 0 Å². The van der Waals surface area contributed by atoms with Crippen LogP contribution in [0.2, 0.25) is 0 Å². The Balaban J connectivity index is 2.26. The first-order chi connectivity index (χ1) is 8.09. The highest BCUT2D eigenvalue weighted by Crippen LogP contribution is 2.36. The molecule has 0 fully saturated rings. The number of carbonyl (C=O) groups is 1. The molecule has 1 aromatic rings. The Kier molecular flexibility index (Phi) is 3.43. The average molecular weight is 230 g/mol. The Bertz CT molecular complexity index is 456. The van der Waals surface area contributed by atoms with Crippen molar-refractivity contribution in [1.29, 1.82) is 0 Å². The van der Waals surface area contributed by atoms with Crippen molar-refractivity contribution in [2.75, 3.05) is 0 Å². The molecule has 1 aliphatic carbocycles. The fourth-order valence-electron chi connectivity index (χ4n) is 2.32. The molecule has 2 atom stereocenters. The van der Waals surface area contributed by atoms with Crippen molar-refractivity contribution in [3.05, 3.63) is 47.0 Å². The third kappa shape index (κ3) is 2.47. The minimum absolute atomic E-state index is 0.0206. The number of carbonyl (C=O) groups excluding carboxylic acids is 1. The van der Waals surface area contributed by atoms with Gasteiger partial charge in [-0.3, -0.25) is 4.79 Å². The van der Waals surface area contributed by atoms with Crippen LogP contribution in [0.3, 0.4) is 0 Å². The summed E-state index contributed by atoms with van der Waals surface area (Å²) >= 11 is 0. The Hall–Kier alpha value is -1.41. The molecule has 2 rings (SSSR count). The fraction of sp³-hybridized carbons (Fsp3) is 0.400. The van der Waals surface area contributed by atoms with Crippen LogP contribution in [-0.2, 0) is 0 Å². The van der Waals surface area contributed by atoms with E-state index in [-0.39, 0.29) is 11.7 Å². The second-order valence-electron chi connectivity index (χ2n) is 4.94. The molecule has 2 heteroatoms. The second kappa shape index (κ2) is 4.84. The lowest BCUT2D eigenvalue weighted by molar-refractivity contribution is 0.0714. The molecule has 0 bridgehead atoms. The highest BCUT2D eigenvalue weighted by Gasteiger charge is 2.31. The van der Waals surface area contributed by atoms with Crippen molar-refractivity contribution in [2.45, 2.75) is 32.8 Å². The van der Waals surface area contributed by atoms with Crippen LogP contribution in [0.1, 0.15) is 48.7 Å². The van der Waals surface area contributed by atoms with E-state index in [0.29, 0.717) is 12.0 Å². The van der Waals surface area contributed by atoms with E-state index in [1.165, 1.54) is 5.57 Å². The van der Waals surface area contributed by atoms with Gasteiger partial charge in [0.05, 0.1) is 6.10 Å². The van der Waals surface area contributed by atoms with E-state index in [9.17, 15) is 9.90 Å². The van der Waals surface area contributed by atoms with E-state index >= 15 is 0 Å². The maximum Gasteiger partial charge on any atom is 0.163 e. The molecule has 17 heavy (non-hydrogen) atoms. The number of Topliss-reactive ketones (excluding diaryl/α,β-unsaturated/α-hetero) is 1. The van der Waals surface area contributed by atoms with Crippen LogP contribution in [-0.4, -0.2) is 10.9 Å². The van der Waals surface area contributed by atoms with Crippen molar-refractivity contribution in [3.8, 4) is 0 Å². The molecular formula is C15H18O2. The van der Waals surface area contributed by atoms with Crippen LogP contribution in [0.15, 0.2) is 35.9 Å². The molecule has 1 aliphatic rings. The number of rotatable bonds is 2. The van der Waals surface area contributed by atoms with E-state index in [1.807, 2.05) is 32.0 Å². The van der Waals surface area contributed by atoms with Crippen LogP contribution >= 0.6 is 0 Å². The molecule has 0 amide bonds. The van der Waals surface area contributed by atoms with Crippen molar-refractivity contribution in [2.24, 2.45) is 5.92 Å². The molecule has 0 heterocycles. The smallest absolute Gasteiger partial charge is 0.163 e. The topological polar surface area (TPSA) is 37.3 Å². The molecule has 2 unspecified atom stereocenters. The Morgan fingerprint density at radius 2 is 2.12 bits per heavy atom. The summed E-state index contributed by atoms with van der Waals surface area (Å²) in [5.41, 5.74) is 2.70. The number of hydrogen-bond acceptors (Lipinski definition) is 2. The summed E-state index contributed by atoms with van der Waals surface area (Å²) in [7, 11) is 0. The average Bonchev–Trinajstić information content (AvgIpc) is 2.32. The van der Waals surface area contributed by atoms with Crippen LogP contribution < -0.4 is 0 Å². The van der Waals surface area contributed by atoms with Gasteiger partial charge in [-0.15, -0.1) is 0 Å². The fourth-order valence-corrected chi connectivity index (χ4v) is 2.32. The van der Waals surface area contributed by atoms with Gasteiger partial charge in [-0.1, -0.05) is 35.9 Å². The highest BCUT2D eigenvalue weighted by molar-refractivity contribution is 5.98. The quantitative estimate of drug-likeness (QED) is 0.792. The minimum Gasteiger partial charge on any atom is -0.388 e. The summed E-state index contributed by atoms with van der Waals surface area (Å²) in [6.07, 6.45) is 2.79. The van der Waals surface area contributed by atoms with Crippen LogP contribution in [0.4, 0.5) is 0 Å². The normalized spacial score (nSPS) is 23.1. The first-order valence-corrected chi connectivity index (χ1v) is 6.03. The molecule has 0 aromatic heterocycles. The first-order valence-electron chi connectivity index (χ1n) is 6.03. The summed E-state index contributed by atoms with van der Waals surface area (Å²) < 4.78 is 0. The molecule has 0 aliphatic heterocycles. The molecule has 90 valence electrons. The van der Waals surface area contributed by atoms with Gasteiger partial charge in [0.15, 0.2) is 5.78 Å². The van der Waals surface area contributed by atoms with Crippen LogP contribution in [0, 0.1) is 5.92 Å². The molecule has 2 nitrogen and oxygen atoms in total. The van der Waals surface area contributed by atoms with Crippen molar-refractivity contribution < 1.29 is 9.90 Å². The number of hydrogen-bond donors (Lipinski definition) is 1. The molecular weight excluding hydrogens is 212 g/mol. The van der Waals surface area contributed by atoms with E-state index in [2.05, 4.69) is 6.08 Å². The number of aliphatic hydroxyl groups excluding tert-OH is 1. The zero-order valence-electron chi connectivity index (χ0n) is 10.3. The third-order valence-electron chi connectivity index (χ3n) is 3.30. The van der Waals surface area contributed by atoms with Crippen molar-refractivity contribution >= 4 is 5.78 Å². The van der Waals surface area contributed by atoms with Crippen LogP contribution in [0.25, 0.3) is 0 Å². The number of ketones is 1. The Morgan fingerprint density at radius 1 is 1.41 bits per heavy atom. The molecule has 0 saturated carbocycles. The first kappa shape index (κ1) is 12.1. The van der Waals surface area contributed by atoms with Gasteiger partial charge in [0.2, 0.25) is 0 Å². The summed E-state index contributed by atoms with van der Waals surface area (Å²) in [6, 6.07) is 7.38. The molecule has 1 aromatic carbocycles. The monoisotopic (exact) mass is 230 g/mol. The Labute approximate surface area is 102 Å². The number of aliphatic hydroxyl groups is 1. The standard InChI is InChI=1S/C15H18O2/c1-10(2)7-8-11-9-14(16)12-5-3-4-6-13(12)15(11)17/h3-7,11,15,17H,8-9H2,1-2H3. The maximum atomic E-state index is 12.0. The number of allylic oxidation sites excluding steroid dienone is 2. The van der Waals surface area contributed by atoms with Gasteiger partial charge in [-0.05, 0) is 31.7 Å². The lowest BCUT2D eigenvalue weighted by Crippen LogP contribution is -2.24. The predicted octanol–water partition coefficient (Wildman–Crippen LogP) is 3.28. The van der Waals surface area contributed by atoms with E-state index in [4.69, 9.17) is 0 Å².